The van der Waals surface area contributed by atoms with E-state index in [0.29, 0.717) is 32.0 Å². The summed E-state index contributed by atoms with van der Waals surface area (Å²) in [4.78, 5) is 0. The lowest BCUT2D eigenvalue weighted by molar-refractivity contribution is -0.113. The first-order valence-electron chi connectivity index (χ1n) is 20.4. The van der Waals surface area contributed by atoms with E-state index in [9.17, 15) is 0 Å². The summed E-state index contributed by atoms with van der Waals surface area (Å²) in [5.74, 6) is 1.22. The van der Waals surface area contributed by atoms with E-state index in [1.54, 1.807) is 21.3 Å². The Morgan fingerprint density at radius 3 is 2.41 bits per heavy atom. The molecule has 2 heterocycles. The normalized spacial score (nSPS) is 21.6. The number of hydrogen-bond acceptors (Lipinski definition) is 9. The van der Waals surface area contributed by atoms with Crippen molar-refractivity contribution in [3.8, 4) is 5.75 Å². The van der Waals surface area contributed by atoms with Crippen LogP contribution in [0.3, 0.4) is 0 Å². The Morgan fingerprint density at radius 1 is 1.00 bits per heavy atom. The molecule has 0 spiro atoms. The third kappa shape index (κ3) is 18.0. The molecule has 316 valence electrons. The van der Waals surface area contributed by atoms with Gasteiger partial charge in [-0.3, -0.25) is 0 Å². The van der Waals surface area contributed by atoms with Crippen LogP contribution in [0, 0.1) is 5.92 Å². The van der Waals surface area contributed by atoms with Crippen LogP contribution in [0.25, 0.3) is 0 Å². The highest BCUT2D eigenvalue weighted by Gasteiger charge is 2.37. The van der Waals surface area contributed by atoms with Gasteiger partial charge in [0.15, 0.2) is 8.32 Å². The Bertz CT molecular complexity index is 1380. The van der Waals surface area contributed by atoms with E-state index >= 15 is 0 Å². The van der Waals surface area contributed by atoms with E-state index in [-0.39, 0.29) is 55.2 Å². The zero-order valence-corrected chi connectivity index (χ0v) is 37.3. The molecule has 1 aromatic carbocycles. The quantitative estimate of drug-likeness (QED) is 0.0517. The fourth-order valence-electron chi connectivity index (χ4n) is 6.57. The average molecular weight is 799 g/mol. The largest absolute Gasteiger partial charge is 0.497 e. The predicted molar refractivity (Wildman–Crippen MR) is 228 cm³/mol. The first-order chi connectivity index (χ1) is 26.7. The summed E-state index contributed by atoms with van der Waals surface area (Å²) in [5, 5.41) is 0.205. The second kappa shape index (κ2) is 25.2. The molecule has 0 unspecified atom stereocenters. The van der Waals surface area contributed by atoms with Crippen molar-refractivity contribution in [2.45, 2.75) is 141 Å². The van der Waals surface area contributed by atoms with Gasteiger partial charge in [-0.15, -0.1) is 0 Å². The van der Waals surface area contributed by atoms with Gasteiger partial charge in [-0.05, 0) is 93.6 Å². The Labute approximate surface area is 340 Å². The van der Waals surface area contributed by atoms with Gasteiger partial charge in [0.05, 0.1) is 50.8 Å². The van der Waals surface area contributed by atoms with E-state index < -0.39 is 8.32 Å². The SMILES string of the molecule is C=C(C[C@H](C)C[C@@H]1CC=C[C@@H](CCO[Si](C)(C)C(C)(C)C)O1)C[C@@H](/C=C/C[C@H](OCc1ccc(OC)cc1)[C@H](/C=C/[C@@H]1CC(C)=CCO1)OCOC)OCOC. The maximum absolute atomic E-state index is 6.57. The standard InChI is InChI=1S/C46H74O9Si/c1-35-24-26-50-42(29-35)22-23-45(53-34-48-8)44(51-32-38-18-20-39(49-9)21-19-38)17-13-15-41(52-33-47-7)30-36(2)28-37(3)31-43-16-12-14-40(55-43)25-27-54-56(10,11)46(4,5)6/h12-15,18-24,37,40-45H,2,16-17,25-34H2,1,3-11H3/b15-13+,23-22+/t37-,40-,41+,42+,43-,44-,45-/m0/s1. The fourth-order valence-corrected chi connectivity index (χ4v) is 7.64. The lowest BCUT2D eigenvalue weighted by Crippen LogP contribution is -2.41. The van der Waals surface area contributed by atoms with Crippen LogP contribution in [0.1, 0.15) is 85.1 Å². The van der Waals surface area contributed by atoms with Crippen LogP contribution in [0.4, 0.5) is 0 Å². The van der Waals surface area contributed by atoms with Gasteiger partial charge in [0, 0.05) is 20.8 Å². The highest BCUT2D eigenvalue weighted by Crippen LogP contribution is 2.37. The maximum atomic E-state index is 6.57. The molecule has 2 aliphatic heterocycles. The predicted octanol–water partition coefficient (Wildman–Crippen LogP) is 10.3. The number of methoxy groups -OCH3 is 3. The summed E-state index contributed by atoms with van der Waals surface area (Å²) in [5.41, 5.74) is 3.50. The topological polar surface area (TPSA) is 83.1 Å². The lowest BCUT2D eigenvalue weighted by atomic mass is 9.91. The first kappa shape index (κ1) is 48.0. The Balaban J connectivity index is 1.61. The minimum atomic E-state index is -1.77. The van der Waals surface area contributed by atoms with Crippen LogP contribution >= 0.6 is 0 Å². The van der Waals surface area contributed by atoms with Gasteiger partial charge < -0.3 is 42.3 Å². The van der Waals surface area contributed by atoms with E-state index in [0.717, 1.165) is 55.6 Å². The monoisotopic (exact) mass is 799 g/mol. The van der Waals surface area contributed by atoms with Crippen molar-refractivity contribution < 1.29 is 42.3 Å². The molecule has 0 fully saturated rings. The third-order valence-corrected chi connectivity index (χ3v) is 15.4. The Hall–Kier alpha value is -2.38. The zero-order valence-electron chi connectivity index (χ0n) is 36.3. The number of rotatable bonds is 26. The van der Waals surface area contributed by atoms with Gasteiger partial charge in [0.2, 0.25) is 0 Å². The van der Waals surface area contributed by atoms with Crippen LogP contribution in [-0.4, -0.2) is 93.1 Å². The maximum Gasteiger partial charge on any atom is 0.191 e. The molecule has 56 heavy (non-hydrogen) atoms. The molecule has 0 N–H and O–H groups in total. The van der Waals surface area contributed by atoms with Gasteiger partial charge in [-0.1, -0.05) is 100 Å². The van der Waals surface area contributed by atoms with Crippen molar-refractivity contribution in [1.82, 2.24) is 0 Å². The molecule has 0 aliphatic carbocycles. The van der Waals surface area contributed by atoms with E-state index in [1.165, 1.54) is 5.57 Å². The Kier molecular flexibility index (Phi) is 21.6. The minimum Gasteiger partial charge on any atom is -0.497 e. The van der Waals surface area contributed by atoms with Crippen molar-refractivity contribution in [3.05, 3.63) is 90.1 Å². The molecule has 10 heteroatoms. The van der Waals surface area contributed by atoms with Crippen LogP contribution in [0.15, 0.2) is 84.5 Å². The van der Waals surface area contributed by atoms with Crippen molar-refractivity contribution in [1.29, 1.82) is 0 Å². The summed E-state index contributed by atoms with van der Waals surface area (Å²) in [7, 11) is 3.16. The molecule has 9 nitrogen and oxygen atoms in total. The molecule has 7 atom stereocenters. The molecule has 0 saturated heterocycles. The summed E-state index contributed by atoms with van der Waals surface area (Å²) < 4.78 is 53.8. The molecule has 0 saturated carbocycles. The van der Waals surface area contributed by atoms with Crippen molar-refractivity contribution >= 4 is 8.32 Å². The summed E-state index contributed by atoms with van der Waals surface area (Å²) in [6.07, 6.45) is 20.2. The average Bonchev–Trinajstić information content (AvgIpc) is 3.15. The summed E-state index contributed by atoms with van der Waals surface area (Å²) in [6.45, 7) is 22.4. The van der Waals surface area contributed by atoms with Crippen LogP contribution in [0.2, 0.25) is 18.1 Å². The second-order valence-corrected chi connectivity index (χ2v) is 21.7. The van der Waals surface area contributed by atoms with Gasteiger partial charge in [-0.25, -0.2) is 0 Å². The molecule has 0 amide bonds. The van der Waals surface area contributed by atoms with Crippen LogP contribution in [0.5, 0.6) is 5.75 Å². The number of benzene rings is 1. The van der Waals surface area contributed by atoms with E-state index in [2.05, 4.69) is 90.7 Å². The summed E-state index contributed by atoms with van der Waals surface area (Å²) in [6, 6.07) is 7.91. The molecule has 3 rings (SSSR count). The number of ether oxygens (including phenoxy) is 8. The molecule has 0 radical (unpaired) electrons. The summed E-state index contributed by atoms with van der Waals surface area (Å²) >= 11 is 0. The zero-order chi connectivity index (χ0) is 41.0. The molecule has 2 aliphatic rings. The molecular weight excluding hydrogens is 725 g/mol. The highest BCUT2D eigenvalue weighted by atomic mass is 28.4. The lowest BCUT2D eigenvalue weighted by Gasteiger charge is -2.36. The van der Waals surface area contributed by atoms with Gasteiger partial charge >= 0.3 is 0 Å². The third-order valence-electron chi connectivity index (χ3n) is 10.8. The second-order valence-electron chi connectivity index (χ2n) is 16.9. The highest BCUT2D eigenvalue weighted by molar-refractivity contribution is 6.74. The van der Waals surface area contributed by atoms with Gasteiger partial charge in [0.25, 0.3) is 0 Å². The van der Waals surface area contributed by atoms with Crippen molar-refractivity contribution in [3.63, 3.8) is 0 Å². The smallest absolute Gasteiger partial charge is 0.191 e. The fraction of sp³-hybridized carbons (Fsp3) is 0.652. The number of hydrogen-bond donors (Lipinski definition) is 0. The first-order valence-corrected chi connectivity index (χ1v) is 23.3. The van der Waals surface area contributed by atoms with E-state index in [4.69, 9.17) is 42.3 Å². The van der Waals surface area contributed by atoms with Crippen LogP contribution < -0.4 is 4.74 Å². The van der Waals surface area contributed by atoms with Crippen LogP contribution in [-0.2, 0) is 44.2 Å². The molecular formula is C46H74O9Si. The molecule has 0 aromatic heterocycles. The minimum absolute atomic E-state index is 0.0128. The molecule has 1 aromatic rings. The van der Waals surface area contributed by atoms with Gasteiger partial charge in [-0.2, -0.15) is 0 Å². The van der Waals surface area contributed by atoms with E-state index in [1.807, 2.05) is 30.3 Å². The Morgan fingerprint density at radius 2 is 1.73 bits per heavy atom. The van der Waals surface area contributed by atoms with Crippen molar-refractivity contribution in [2.24, 2.45) is 5.92 Å². The molecule has 0 bridgehead atoms. The van der Waals surface area contributed by atoms with Gasteiger partial charge in [0.1, 0.15) is 25.4 Å². The van der Waals surface area contributed by atoms with Crippen molar-refractivity contribution in [2.75, 3.05) is 48.1 Å².